The lowest BCUT2D eigenvalue weighted by Gasteiger charge is -2.37. The van der Waals surface area contributed by atoms with Gasteiger partial charge in [-0.1, -0.05) is 35.5 Å². The second kappa shape index (κ2) is 42.8. The molecule has 2 fully saturated rings. The van der Waals surface area contributed by atoms with Gasteiger partial charge in [-0.05, 0) is 43.4 Å². The first-order chi connectivity index (χ1) is 48.9. The number of pyridine rings is 1. The van der Waals surface area contributed by atoms with E-state index < -0.39 is 52.8 Å². The Balaban J connectivity index is 0.593. The average molecular weight is 1400 g/mol. The van der Waals surface area contributed by atoms with Gasteiger partial charge >= 0.3 is 5.97 Å². The second-order valence-electron chi connectivity index (χ2n) is 23.1. The van der Waals surface area contributed by atoms with Crippen LogP contribution in [-0.4, -0.2) is 291 Å². The molecular weight excluding hydrogens is 1310 g/mol. The molecule has 30 nitrogen and oxygen atoms in total. The number of ketones is 1. The average Bonchev–Trinajstić information content (AvgIpc) is 1.59. The van der Waals surface area contributed by atoms with Crippen LogP contribution in [0.4, 0.5) is 13.2 Å². The van der Waals surface area contributed by atoms with Crippen LogP contribution in [0.1, 0.15) is 64.3 Å². The van der Waals surface area contributed by atoms with Gasteiger partial charge < -0.3 is 72.8 Å². The van der Waals surface area contributed by atoms with Crippen molar-refractivity contribution in [1.82, 2.24) is 64.6 Å². The van der Waals surface area contributed by atoms with Crippen LogP contribution in [0.25, 0.3) is 22.3 Å². The first-order valence-corrected chi connectivity index (χ1v) is 33.4. The lowest BCUT2D eigenvalue weighted by Crippen LogP contribution is -2.51. The van der Waals surface area contributed by atoms with Crippen molar-refractivity contribution < 1.29 is 89.9 Å². The number of amides is 2. The zero-order valence-electron chi connectivity index (χ0n) is 56.3. The fourth-order valence-corrected chi connectivity index (χ4v) is 10.9. The Hall–Kier alpha value is -8.21. The number of aliphatic hydroxyl groups excluding tert-OH is 2. The molecule has 0 unspecified atom stereocenters. The maximum atomic E-state index is 13.8. The highest BCUT2D eigenvalue weighted by Crippen LogP contribution is 2.33. The Bertz CT molecular complexity index is 3530. The highest BCUT2D eigenvalue weighted by molar-refractivity contribution is 6.45. The number of carbonyl (C=O) groups excluding carboxylic acids is 4. The molecule has 2 saturated heterocycles. The van der Waals surface area contributed by atoms with Gasteiger partial charge in [0.2, 0.25) is 11.6 Å². The van der Waals surface area contributed by atoms with Gasteiger partial charge in [0.25, 0.3) is 17.6 Å². The van der Waals surface area contributed by atoms with Crippen molar-refractivity contribution in [3.8, 4) is 23.4 Å². The zero-order valence-corrected chi connectivity index (χ0v) is 56.3. The summed E-state index contributed by atoms with van der Waals surface area (Å²) in [5.74, 6) is -7.17. The molecule has 2 aliphatic rings. The van der Waals surface area contributed by atoms with Crippen molar-refractivity contribution in [1.29, 1.82) is 5.26 Å². The Kier molecular flexibility index (Phi) is 33.2. The van der Waals surface area contributed by atoms with Gasteiger partial charge in [0.1, 0.15) is 23.6 Å². The quantitative estimate of drug-likeness (QED) is 0.0106. The van der Waals surface area contributed by atoms with E-state index >= 15 is 0 Å². The number of likely N-dealkylation sites (tertiary alicyclic amines) is 1. The monoisotopic (exact) mass is 1400 g/mol. The first kappa shape index (κ1) is 77.5. The van der Waals surface area contributed by atoms with Crippen LogP contribution in [0.3, 0.4) is 0 Å². The van der Waals surface area contributed by atoms with Gasteiger partial charge in [-0.15, -0.1) is 10.2 Å². The third-order valence-electron chi connectivity index (χ3n) is 16.4. The van der Waals surface area contributed by atoms with Crippen molar-refractivity contribution in [2.24, 2.45) is 0 Å². The highest BCUT2D eigenvalue weighted by atomic mass is 19.1. The zero-order chi connectivity index (χ0) is 70.7. The van der Waals surface area contributed by atoms with Gasteiger partial charge in [0, 0.05) is 83.8 Å². The normalized spacial score (nSPS) is 13.8. The summed E-state index contributed by atoms with van der Waals surface area (Å²) >= 11 is 0. The maximum absolute atomic E-state index is 13.8. The molecule has 2 aliphatic heterocycles. The number of hydrogen-bond acceptors (Lipinski definition) is 25. The van der Waals surface area contributed by atoms with Crippen LogP contribution < -0.4 is 14.8 Å². The van der Waals surface area contributed by atoms with Crippen LogP contribution in [0.15, 0.2) is 73.0 Å². The van der Waals surface area contributed by atoms with E-state index in [0.717, 1.165) is 50.4 Å². The standard InChI is InChI=1S/C67H89F3N14O16/c1-91-58-43-74-65(61-60(58)55(42-73-61)62(88)67(90)82-14-9-50(10-15-82)54(41-71)49-7-3-2-4-8-49)84-48-75-64(77-84)66(89)72-12-5-6-13-81(53(45-85)46-86)21-20-79-16-18-80(19-17-79)22-25-93-28-31-96-35-36-98-37-38-99-47-52-44-83(78-76-52)23-26-94-29-32-97-34-33-95-30-27-92-24-11-59(87)100-63-56(69)39-51(68)40-57(63)70/h2-4,7-8,39-40,42-44,48,53,73,85-86H,5-6,9-38,45-47H2,1H3,(H,72,89). The number of nitriles is 1. The van der Waals surface area contributed by atoms with Crippen molar-refractivity contribution in [2.75, 3.05) is 191 Å². The van der Waals surface area contributed by atoms with Crippen molar-refractivity contribution in [3.05, 3.63) is 113 Å². The van der Waals surface area contributed by atoms with E-state index in [1.54, 1.807) is 10.9 Å². The molecular formula is C67H89F3N14O16. The summed E-state index contributed by atoms with van der Waals surface area (Å²) in [6.07, 6.45) is 7.93. The van der Waals surface area contributed by atoms with Crippen molar-refractivity contribution >= 4 is 40.0 Å². The molecule has 8 rings (SSSR count). The third-order valence-corrected chi connectivity index (χ3v) is 16.4. The summed E-state index contributed by atoms with van der Waals surface area (Å²) in [5.41, 5.74) is 3.46. The number of fused-ring (bicyclic) bond motifs is 1. The molecule has 0 atom stereocenters. The molecule has 6 aromatic rings. The van der Waals surface area contributed by atoms with Crippen LogP contribution in [0, 0.1) is 28.8 Å². The number of piperazine rings is 1. The number of benzene rings is 2. The molecule has 0 aliphatic carbocycles. The van der Waals surface area contributed by atoms with E-state index in [-0.39, 0.29) is 82.1 Å². The van der Waals surface area contributed by atoms with E-state index in [1.165, 1.54) is 35.4 Å². The molecule has 33 heteroatoms. The van der Waals surface area contributed by atoms with Crippen LogP contribution in [0.5, 0.6) is 11.5 Å². The second-order valence-corrected chi connectivity index (χ2v) is 23.1. The minimum Gasteiger partial charge on any atom is -0.494 e. The molecule has 2 amide bonds. The van der Waals surface area contributed by atoms with E-state index in [2.05, 4.69) is 61.2 Å². The number of nitrogens with one attached hydrogen (secondary N) is 2. The Labute approximate surface area is 577 Å². The molecule has 0 radical (unpaired) electrons. The number of ether oxygens (including phenoxy) is 10. The van der Waals surface area contributed by atoms with Gasteiger partial charge in [0.05, 0.1) is 186 Å². The van der Waals surface area contributed by atoms with Crippen LogP contribution in [-0.2, 0) is 60.6 Å². The topological polar surface area (TPSA) is 340 Å². The Morgan fingerprint density at radius 2 is 1.33 bits per heavy atom. The molecule has 4 N–H and O–H groups in total. The summed E-state index contributed by atoms with van der Waals surface area (Å²) in [7, 11) is 1.43. The number of piperidine rings is 1. The van der Waals surface area contributed by atoms with Gasteiger partial charge in [-0.25, -0.2) is 27.8 Å². The summed E-state index contributed by atoms with van der Waals surface area (Å²) < 4.78 is 97.9. The maximum Gasteiger partial charge on any atom is 0.313 e. The number of H-pyrrole nitrogens is 1. The number of halogens is 3. The van der Waals surface area contributed by atoms with Crippen molar-refractivity contribution in [2.45, 2.75) is 51.3 Å². The summed E-state index contributed by atoms with van der Waals surface area (Å²) in [4.78, 5) is 72.7. The predicted octanol–water partition coefficient (Wildman–Crippen LogP) is 3.05. The van der Waals surface area contributed by atoms with E-state index in [0.29, 0.717) is 165 Å². The number of allylic oxidation sites excluding steroid dienone is 1. The van der Waals surface area contributed by atoms with E-state index in [9.17, 15) is 47.8 Å². The number of aromatic nitrogens is 8. The van der Waals surface area contributed by atoms with E-state index in [4.69, 9.17) is 42.6 Å². The number of unbranched alkanes of at least 4 members (excludes halogenated alkanes) is 1. The first-order valence-electron chi connectivity index (χ1n) is 33.4. The number of hydrogen-bond donors (Lipinski definition) is 4. The number of methoxy groups -OCH3 is 1. The lowest BCUT2D eigenvalue weighted by molar-refractivity contribution is -0.136. The third kappa shape index (κ3) is 24.6. The number of esters is 1. The van der Waals surface area contributed by atoms with Crippen LogP contribution >= 0.6 is 0 Å². The van der Waals surface area contributed by atoms with Crippen LogP contribution in [0.2, 0.25) is 0 Å². The Morgan fingerprint density at radius 1 is 0.730 bits per heavy atom. The fraction of sp³-hybridized carbons (Fsp3) is 0.552. The number of rotatable bonds is 47. The smallest absolute Gasteiger partial charge is 0.313 e. The molecule has 0 saturated carbocycles. The molecule has 6 heterocycles. The Morgan fingerprint density at radius 3 is 1.95 bits per heavy atom. The summed E-state index contributed by atoms with van der Waals surface area (Å²) in [6, 6.07) is 12.1. The highest BCUT2D eigenvalue weighted by Gasteiger charge is 2.31. The van der Waals surface area contributed by atoms with Crippen molar-refractivity contribution in [3.63, 3.8) is 0 Å². The van der Waals surface area contributed by atoms with E-state index in [1.807, 2.05) is 30.3 Å². The van der Waals surface area contributed by atoms with Gasteiger partial charge in [-0.2, -0.15) is 9.94 Å². The number of Topliss-reactive ketones (excluding diaryl/α,β-unsaturated/α-hetero) is 1. The number of aromatic amines is 1. The fourth-order valence-electron chi connectivity index (χ4n) is 10.9. The molecule has 0 bridgehead atoms. The van der Waals surface area contributed by atoms with Gasteiger partial charge in [0.15, 0.2) is 17.5 Å². The number of carbonyl (C=O) groups is 4. The molecule has 2 aromatic carbocycles. The van der Waals surface area contributed by atoms with Gasteiger partial charge in [-0.3, -0.25) is 33.9 Å². The SMILES string of the molecule is COc1cnc(-n2cnc(C(=O)NCCCCN(CCN3CCN(CCOCCOCCOCCOCc4cn(CCOCCOCCOCCOCCC(=O)Oc5c(F)cc(F)cc5F)nn4)CC3)C(CO)CO)n2)c2[nH]cc(C(=O)C(=O)N3CCC(=C(C#N)c4ccccc4)CC3)c12. The summed E-state index contributed by atoms with van der Waals surface area (Å²) in [5, 5.41) is 45.9. The molecule has 4 aromatic heterocycles. The largest absolute Gasteiger partial charge is 0.494 e. The minimum atomic E-state index is -1.31. The predicted molar refractivity (Wildman–Crippen MR) is 353 cm³/mol. The molecule has 544 valence electrons. The molecule has 0 spiro atoms. The number of nitrogens with zero attached hydrogens (tertiary/aromatic N) is 12. The minimum absolute atomic E-state index is 0.0573. The molecule has 100 heavy (non-hydrogen) atoms. The lowest BCUT2D eigenvalue weighted by atomic mass is 9.93. The number of aliphatic hydroxyl groups is 2. The summed E-state index contributed by atoms with van der Waals surface area (Å²) in [6.45, 7) is 13.0.